The van der Waals surface area contributed by atoms with Crippen LogP contribution in [0, 0.1) is 5.92 Å². The summed E-state index contributed by atoms with van der Waals surface area (Å²) in [4.78, 5) is 19.4. The van der Waals surface area contributed by atoms with Crippen molar-refractivity contribution in [3.8, 4) is 11.5 Å². The number of para-hydroxylation sites is 1. The highest BCUT2D eigenvalue weighted by molar-refractivity contribution is 6.31. The number of piperazine rings is 1. The number of fused-ring (bicyclic) bond motifs is 2. The number of methoxy groups -OCH3 is 1. The summed E-state index contributed by atoms with van der Waals surface area (Å²) in [5.74, 6) is 1.86. The normalized spacial score (nSPS) is 19.2. The number of esters is 1. The fourth-order valence-electron chi connectivity index (χ4n) is 3.95. The van der Waals surface area contributed by atoms with Gasteiger partial charge in [-0.25, -0.2) is 4.99 Å². The summed E-state index contributed by atoms with van der Waals surface area (Å²) in [6.07, 6.45) is 0.711. The number of carbonyl (C=O) groups is 1. The van der Waals surface area contributed by atoms with Gasteiger partial charge in [-0.3, -0.25) is 4.79 Å². The second-order valence-corrected chi connectivity index (χ2v) is 7.63. The van der Waals surface area contributed by atoms with Gasteiger partial charge in [0.05, 0.1) is 18.6 Å². The van der Waals surface area contributed by atoms with Crippen LogP contribution in [0.1, 0.15) is 18.9 Å². The number of hydrogen-bond acceptors (Lipinski definition) is 6. The molecule has 0 aliphatic carbocycles. The maximum Gasteiger partial charge on any atom is 0.310 e. The minimum Gasteiger partial charge on any atom is -0.469 e. The number of carbonyl (C=O) groups excluding carboxylic acids is 1. The summed E-state index contributed by atoms with van der Waals surface area (Å²) in [6, 6.07) is 13.3. The Bertz CT molecular complexity index is 947. The smallest absolute Gasteiger partial charge is 0.310 e. The molecule has 29 heavy (non-hydrogen) atoms. The van der Waals surface area contributed by atoms with Crippen molar-refractivity contribution < 1.29 is 14.3 Å². The van der Waals surface area contributed by atoms with Gasteiger partial charge in [-0.2, -0.15) is 0 Å². The third kappa shape index (κ3) is 3.95. The summed E-state index contributed by atoms with van der Waals surface area (Å²) >= 11 is 6.21. The van der Waals surface area contributed by atoms with Gasteiger partial charge in [0.15, 0.2) is 5.75 Å². The van der Waals surface area contributed by atoms with Crippen LogP contribution in [0.15, 0.2) is 47.5 Å². The van der Waals surface area contributed by atoms with Crippen molar-refractivity contribution in [3.05, 3.63) is 53.1 Å². The highest BCUT2D eigenvalue weighted by Crippen LogP contribution is 2.39. The van der Waals surface area contributed by atoms with E-state index >= 15 is 0 Å². The monoisotopic (exact) mass is 413 g/mol. The Morgan fingerprint density at radius 2 is 2.17 bits per heavy atom. The van der Waals surface area contributed by atoms with Crippen molar-refractivity contribution in [1.29, 1.82) is 0 Å². The number of nitrogens with zero attached hydrogens (tertiary/aromatic N) is 2. The maximum absolute atomic E-state index is 12.2. The molecule has 7 heteroatoms. The molecule has 2 aromatic rings. The molecular weight excluding hydrogens is 390 g/mol. The molecule has 2 heterocycles. The molecule has 1 fully saturated rings. The largest absolute Gasteiger partial charge is 0.469 e. The van der Waals surface area contributed by atoms with E-state index in [0.29, 0.717) is 29.4 Å². The van der Waals surface area contributed by atoms with E-state index in [0.717, 1.165) is 30.2 Å². The lowest BCUT2D eigenvalue weighted by molar-refractivity contribution is -0.147. The average molecular weight is 414 g/mol. The zero-order valence-corrected chi connectivity index (χ0v) is 17.3. The van der Waals surface area contributed by atoms with E-state index in [4.69, 9.17) is 26.1 Å². The van der Waals surface area contributed by atoms with Gasteiger partial charge in [-0.1, -0.05) is 30.7 Å². The highest BCUT2D eigenvalue weighted by atomic mass is 35.5. The number of halogens is 1. The van der Waals surface area contributed by atoms with E-state index in [9.17, 15) is 4.79 Å². The van der Waals surface area contributed by atoms with Crippen LogP contribution < -0.4 is 10.1 Å². The number of nitrogens with one attached hydrogen (secondary N) is 1. The summed E-state index contributed by atoms with van der Waals surface area (Å²) < 4.78 is 11.2. The van der Waals surface area contributed by atoms with Gasteiger partial charge in [0.2, 0.25) is 0 Å². The molecule has 0 aromatic heterocycles. The molecule has 2 aliphatic rings. The minimum atomic E-state index is -0.206. The van der Waals surface area contributed by atoms with Crippen LogP contribution in [0.25, 0.3) is 0 Å². The molecule has 0 bridgehead atoms. The molecule has 2 atom stereocenters. The SMILES string of the molecule is CCC(C(=O)OC)C1CN(C2=Nc3cc(Cl)ccc3Oc3ccccc32)CCN1. The first-order valence-electron chi connectivity index (χ1n) is 9.82. The Morgan fingerprint density at radius 1 is 1.34 bits per heavy atom. The number of ether oxygens (including phenoxy) is 2. The second kappa shape index (κ2) is 8.43. The van der Waals surface area contributed by atoms with Crippen LogP contribution in [-0.2, 0) is 9.53 Å². The van der Waals surface area contributed by atoms with Gasteiger partial charge < -0.3 is 19.7 Å². The lowest BCUT2D eigenvalue weighted by atomic mass is 9.94. The summed E-state index contributed by atoms with van der Waals surface area (Å²) in [6.45, 7) is 4.18. The molecule has 2 unspecified atom stereocenters. The predicted molar refractivity (Wildman–Crippen MR) is 113 cm³/mol. The van der Waals surface area contributed by atoms with Crippen LogP contribution in [0.4, 0.5) is 5.69 Å². The maximum atomic E-state index is 12.2. The van der Waals surface area contributed by atoms with E-state index in [2.05, 4.69) is 10.2 Å². The number of amidine groups is 1. The van der Waals surface area contributed by atoms with Crippen molar-refractivity contribution in [2.75, 3.05) is 26.7 Å². The van der Waals surface area contributed by atoms with Gasteiger partial charge in [0.25, 0.3) is 0 Å². The Kier molecular flexibility index (Phi) is 5.74. The Hall–Kier alpha value is -2.57. The molecule has 4 rings (SSSR count). The molecule has 0 saturated carbocycles. The van der Waals surface area contributed by atoms with Gasteiger partial charge in [0.1, 0.15) is 17.3 Å². The van der Waals surface area contributed by atoms with Crippen molar-refractivity contribution in [2.45, 2.75) is 19.4 Å². The Balaban J connectivity index is 1.72. The first kappa shape index (κ1) is 19.7. The van der Waals surface area contributed by atoms with Crippen LogP contribution in [0.2, 0.25) is 5.02 Å². The summed E-state index contributed by atoms with van der Waals surface area (Å²) in [5, 5.41) is 4.08. The topological polar surface area (TPSA) is 63.2 Å². The van der Waals surface area contributed by atoms with Crippen molar-refractivity contribution >= 4 is 29.1 Å². The predicted octanol–water partition coefficient (Wildman–Crippen LogP) is 4.00. The molecule has 1 N–H and O–H groups in total. The molecule has 0 spiro atoms. The molecular formula is C22H24ClN3O3. The number of hydrogen-bond donors (Lipinski definition) is 1. The molecule has 0 radical (unpaired) electrons. The fourth-order valence-corrected chi connectivity index (χ4v) is 4.11. The average Bonchev–Trinajstić information content (AvgIpc) is 2.91. The van der Waals surface area contributed by atoms with Gasteiger partial charge in [0, 0.05) is 30.7 Å². The van der Waals surface area contributed by atoms with E-state index in [1.807, 2.05) is 43.3 Å². The molecule has 0 amide bonds. The first-order valence-corrected chi connectivity index (χ1v) is 10.2. The molecule has 1 saturated heterocycles. The second-order valence-electron chi connectivity index (χ2n) is 7.19. The van der Waals surface area contributed by atoms with E-state index < -0.39 is 0 Å². The summed E-state index contributed by atoms with van der Waals surface area (Å²) in [5.41, 5.74) is 1.62. The number of aliphatic imine (C=N–C) groups is 1. The third-order valence-corrected chi connectivity index (χ3v) is 5.66. The van der Waals surface area contributed by atoms with Gasteiger partial charge in [-0.15, -0.1) is 0 Å². The third-order valence-electron chi connectivity index (χ3n) is 5.43. The van der Waals surface area contributed by atoms with Crippen LogP contribution in [0.5, 0.6) is 11.5 Å². The lowest BCUT2D eigenvalue weighted by Gasteiger charge is -2.38. The van der Waals surface area contributed by atoms with Gasteiger partial charge in [-0.05, 0) is 36.8 Å². The zero-order valence-electron chi connectivity index (χ0n) is 16.5. The molecule has 6 nitrogen and oxygen atoms in total. The van der Waals surface area contributed by atoms with E-state index in [1.165, 1.54) is 7.11 Å². The van der Waals surface area contributed by atoms with Crippen molar-refractivity contribution in [1.82, 2.24) is 10.2 Å². The first-order chi connectivity index (χ1) is 14.1. The quantitative estimate of drug-likeness (QED) is 0.770. The zero-order chi connectivity index (χ0) is 20.4. The molecule has 2 aromatic carbocycles. The number of benzene rings is 2. The van der Waals surface area contributed by atoms with Crippen LogP contribution >= 0.6 is 11.6 Å². The van der Waals surface area contributed by atoms with Crippen molar-refractivity contribution in [3.63, 3.8) is 0 Å². The van der Waals surface area contributed by atoms with Crippen molar-refractivity contribution in [2.24, 2.45) is 10.9 Å². The Morgan fingerprint density at radius 3 is 2.97 bits per heavy atom. The molecule has 152 valence electrons. The lowest BCUT2D eigenvalue weighted by Crippen LogP contribution is -2.56. The van der Waals surface area contributed by atoms with E-state index in [1.54, 1.807) is 6.07 Å². The highest BCUT2D eigenvalue weighted by Gasteiger charge is 2.33. The Labute approximate surface area is 175 Å². The minimum absolute atomic E-state index is 0.0148. The fraction of sp³-hybridized carbons (Fsp3) is 0.364. The van der Waals surface area contributed by atoms with E-state index in [-0.39, 0.29) is 17.9 Å². The van der Waals surface area contributed by atoms with Crippen LogP contribution in [0.3, 0.4) is 0 Å². The number of rotatable bonds is 3. The van der Waals surface area contributed by atoms with Gasteiger partial charge >= 0.3 is 5.97 Å². The molecule has 2 aliphatic heterocycles. The summed E-state index contributed by atoms with van der Waals surface area (Å²) in [7, 11) is 1.44. The standard InChI is InChI=1S/C22H24ClN3O3/c1-3-15(22(27)28-2)18-13-26(11-10-24-18)21-16-6-4-5-7-19(16)29-20-9-8-14(23)12-17(20)25-21/h4-9,12,15,18,24H,3,10-11,13H2,1-2H3. The van der Waals surface area contributed by atoms with Crippen LogP contribution in [-0.4, -0.2) is 49.5 Å².